The van der Waals surface area contributed by atoms with Crippen LogP contribution in [0.2, 0.25) is 0 Å². The number of ketones is 1. The van der Waals surface area contributed by atoms with Gasteiger partial charge in [0.1, 0.15) is 0 Å². The number of aryl methyl sites for hydroxylation is 2. The Morgan fingerprint density at radius 1 is 1.16 bits per heavy atom. The van der Waals surface area contributed by atoms with Gasteiger partial charge >= 0.3 is 0 Å². The largest absolute Gasteiger partial charge is 0.295 e. The summed E-state index contributed by atoms with van der Waals surface area (Å²) >= 11 is 0. The molecule has 2 aromatic rings. The van der Waals surface area contributed by atoms with Crippen molar-refractivity contribution < 1.29 is 14.4 Å². The molecule has 2 amide bonds. The van der Waals surface area contributed by atoms with Crippen LogP contribution in [0.3, 0.4) is 0 Å². The molecule has 3 rings (SSSR count). The molecule has 25 heavy (non-hydrogen) atoms. The summed E-state index contributed by atoms with van der Waals surface area (Å²) < 4.78 is 1.75. The number of carbonyl (C=O) groups is 3. The smallest absolute Gasteiger partial charge is 0.261 e. The third-order valence-corrected chi connectivity index (χ3v) is 4.48. The van der Waals surface area contributed by atoms with E-state index in [2.05, 4.69) is 5.10 Å². The van der Waals surface area contributed by atoms with E-state index in [0.717, 1.165) is 21.9 Å². The molecule has 1 fully saturated rings. The molecule has 1 aliphatic heterocycles. The van der Waals surface area contributed by atoms with Gasteiger partial charge in [0.25, 0.3) is 5.91 Å². The molecular weight excluding hydrogens is 318 g/mol. The summed E-state index contributed by atoms with van der Waals surface area (Å²) in [7, 11) is 1.84. The molecule has 0 spiro atoms. The lowest BCUT2D eigenvalue weighted by molar-refractivity contribution is -0.120. The van der Waals surface area contributed by atoms with Crippen LogP contribution in [-0.2, 0) is 16.6 Å². The van der Waals surface area contributed by atoms with Crippen LogP contribution in [0.5, 0.6) is 0 Å². The van der Waals surface area contributed by atoms with Gasteiger partial charge in [0.2, 0.25) is 5.91 Å². The van der Waals surface area contributed by atoms with Crippen LogP contribution >= 0.6 is 0 Å². The van der Waals surface area contributed by atoms with Crippen molar-refractivity contribution in [2.75, 3.05) is 4.90 Å². The van der Waals surface area contributed by atoms with E-state index in [1.54, 1.807) is 35.0 Å². The number of imide groups is 1. The standard InChI is InChI=1S/C19H19N3O3/c1-11-17(12(2)21(4)20-11)9-15-10-18(24)22(19(15)25)16-7-5-14(6-8-16)13(3)23/h5-9H,10H2,1-4H3. The molecule has 6 nitrogen and oxygen atoms in total. The molecule has 2 heterocycles. The molecule has 1 saturated heterocycles. The Labute approximate surface area is 145 Å². The molecule has 6 heteroatoms. The van der Waals surface area contributed by atoms with Crippen molar-refractivity contribution in [2.24, 2.45) is 7.05 Å². The number of carbonyl (C=O) groups excluding carboxylic acids is 3. The Hall–Kier alpha value is -3.02. The fourth-order valence-corrected chi connectivity index (χ4v) is 2.97. The van der Waals surface area contributed by atoms with Crippen LogP contribution in [0.1, 0.15) is 40.7 Å². The summed E-state index contributed by atoms with van der Waals surface area (Å²) in [6.07, 6.45) is 1.81. The van der Waals surface area contributed by atoms with Crippen molar-refractivity contribution in [1.82, 2.24) is 9.78 Å². The van der Waals surface area contributed by atoms with Gasteiger partial charge in [-0.3, -0.25) is 19.1 Å². The van der Waals surface area contributed by atoms with Crippen molar-refractivity contribution in [3.63, 3.8) is 0 Å². The molecule has 0 bridgehead atoms. The summed E-state index contributed by atoms with van der Waals surface area (Å²) in [5.41, 5.74) is 4.09. The molecule has 1 aromatic heterocycles. The van der Waals surface area contributed by atoms with Gasteiger partial charge in [-0.15, -0.1) is 0 Å². The number of Topliss-reactive ketones (excluding diaryl/α,β-unsaturated/α-hetero) is 1. The zero-order chi connectivity index (χ0) is 18.3. The maximum absolute atomic E-state index is 12.7. The SMILES string of the molecule is CC(=O)c1ccc(N2C(=O)CC(=Cc3c(C)nn(C)c3C)C2=O)cc1. The number of rotatable bonds is 3. The lowest BCUT2D eigenvalue weighted by atomic mass is 10.1. The topological polar surface area (TPSA) is 72.3 Å². The Morgan fingerprint density at radius 2 is 1.80 bits per heavy atom. The van der Waals surface area contributed by atoms with E-state index in [-0.39, 0.29) is 24.0 Å². The Balaban J connectivity index is 1.95. The Morgan fingerprint density at radius 3 is 2.32 bits per heavy atom. The van der Waals surface area contributed by atoms with Crippen molar-refractivity contribution in [3.05, 3.63) is 52.4 Å². The van der Waals surface area contributed by atoms with Crippen LogP contribution in [0.25, 0.3) is 6.08 Å². The van der Waals surface area contributed by atoms with Gasteiger partial charge in [0, 0.05) is 29.4 Å². The second-order valence-corrected chi connectivity index (χ2v) is 6.19. The average Bonchev–Trinajstić information content (AvgIpc) is 2.97. The van der Waals surface area contributed by atoms with Crippen molar-refractivity contribution in [2.45, 2.75) is 27.2 Å². The van der Waals surface area contributed by atoms with E-state index in [0.29, 0.717) is 16.8 Å². The number of benzene rings is 1. The molecule has 1 aromatic carbocycles. The first-order valence-electron chi connectivity index (χ1n) is 7.98. The van der Waals surface area contributed by atoms with Crippen LogP contribution in [0, 0.1) is 13.8 Å². The van der Waals surface area contributed by atoms with Crippen molar-refractivity contribution in [1.29, 1.82) is 0 Å². The zero-order valence-corrected chi connectivity index (χ0v) is 14.7. The predicted octanol–water partition coefficient (Wildman–Crippen LogP) is 2.59. The fourth-order valence-electron chi connectivity index (χ4n) is 2.97. The summed E-state index contributed by atoms with van der Waals surface area (Å²) in [6.45, 7) is 5.27. The van der Waals surface area contributed by atoms with Crippen LogP contribution in [0.15, 0.2) is 29.8 Å². The predicted molar refractivity (Wildman–Crippen MR) is 94.2 cm³/mol. The highest BCUT2D eigenvalue weighted by molar-refractivity contribution is 6.29. The number of hydrogen-bond acceptors (Lipinski definition) is 4. The molecule has 0 atom stereocenters. The van der Waals surface area contributed by atoms with Crippen LogP contribution < -0.4 is 4.90 Å². The minimum atomic E-state index is -0.330. The third kappa shape index (κ3) is 2.91. The highest BCUT2D eigenvalue weighted by Gasteiger charge is 2.35. The van der Waals surface area contributed by atoms with Gasteiger partial charge in [0.05, 0.1) is 17.8 Å². The van der Waals surface area contributed by atoms with Gasteiger partial charge in [-0.05, 0) is 51.1 Å². The molecule has 1 aliphatic rings. The summed E-state index contributed by atoms with van der Waals surface area (Å²) in [6, 6.07) is 6.48. The van der Waals surface area contributed by atoms with Crippen molar-refractivity contribution >= 4 is 29.4 Å². The number of aromatic nitrogens is 2. The van der Waals surface area contributed by atoms with E-state index >= 15 is 0 Å². The summed E-state index contributed by atoms with van der Waals surface area (Å²) in [5.74, 6) is -0.664. The highest BCUT2D eigenvalue weighted by Crippen LogP contribution is 2.28. The first kappa shape index (κ1) is 16.8. The number of nitrogens with zero attached hydrogens (tertiary/aromatic N) is 3. The maximum Gasteiger partial charge on any atom is 0.261 e. The van der Waals surface area contributed by atoms with Crippen LogP contribution in [-0.4, -0.2) is 27.4 Å². The zero-order valence-electron chi connectivity index (χ0n) is 14.7. The molecule has 128 valence electrons. The van der Waals surface area contributed by atoms with E-state index in [4.69, 9.17) is 0 Å². The Bertz CT molecular complexity index is 920. The average molecular weight is 337 g/mol. The van der Waals surface area contributed by atoms with Gasteiger partial charge in [-0.25, -0.2) is 4.90 Å². The van der Waals surface area contributed by atoms with Crippen LogP contribution in [0.4, 0.5) is 5.69 Å². The van der Waals surface area contributed by atoms with E-state index < -0.39 is 0 Å². The third-order valence-electron chi connectivity index (χ3n) is 4.48. The van der Waals surface area contributed by atoms with Gasteiger partial charge in [0.15, 0.2) is 5.78 Å². The first-order chi connectivity index (χ1) is 11.8. The molecule has 0 aliphatic carbocycles. The summed E-state index contributed by atoms with van der Waals surface area (Å²) in [5, 5.41) is 4.33. The van der Waals surface area contributed by atoms with Gasteiger partial charge in [-0.2, -0.15) is 5.10 Å². The maximum atomic E-state index is 12.7. The number of amides is 2. The van der Waals surface area contributed by atoms with E-state index in [1.165, 1.54) is 6.92 Å². The highest BCUT2D eigenvalue weighted by atomic mass is 16.2. The first-order valence-corrected chi connectivity index (χ1v) is 7.98. The minimum Gasteiger partial charge on any atom is -0.295 e. The molecular formula is C19H19N3O3. The number of hydrogen-bond donors (Lipinski definition) is 0. The minimum absolute atomic E-state index is 0.0566. The molecule has 0 saturated carbocycles. The lowest BCUT2D eigenvalue weighted by Gasteiger charge is -2.13. The normalized spacial score (nSPS) is 16.2. The lowest BCUT2D eigenvalue weighted by Crippen LogP contribution is -2.28. The Kier molecular flexibility index (Phi) is 4.12. The van der Waals surface area contributed by atoms with E-state index in [1.807, 2.05) is 20.9 Å². The molecule has 0 unspecified atom stereocenters. The van der Waals surface area contributed by atoms with Gasteiger partial charge in [-0.1, -0.05) is 0 Å². The second kappa shape index (κ2) is 6.12. The van der Waals surface area contributed by atoms with E-state index in [9.17, 15) is 14.4 Å². The molecule has 0 radical (unpaired) electrons. The van der Waals surface area contributed by atoms with Gasteiger partial charge < -0.3 is 0 Å². The number of anilines is 1. The van der Waals surface area contributed by atoms with Crippen molar-refractivity contribution in [3.8, 4) is 0 Å². The summed E-state index contributed by atoms with van der Waals surface area (Å²) in [4.78, 5) is 37.6. The molecule has 0 N–H and O–H groups in total. The fraction of sp³-hybridized carbons (Fsp3) is 0.263. The quantitative estimate of drug-likeness (QED) is 0.490. The second-order valence-electron chi connectivity index (χ2n) is 6.19. The monoisotopic (exact) mass is 337 g/mol.